The molecule has 0 saturated carbocycles. The largest absolute Gasteiger partial charge is 0.384 e. The Morgan fingerprint density at radius 2 is 1.85 bits per heavy atom. The molecule has 12 heteroatoms. The van der Waals surface area contributed by atoms with Gasteiger partial charge in [-0.2, -0.15) is 0 Å². The fourth-order valence-corrected chi connectivity index (χ4v) is 5.25. The Morgan fingerprint density at radius 1 is 1.10 bits per heavy atom. The van der Waals surface area contributed by atoms with Gasteiger partial charge >= 0.3 is 0 Å². The maximum Gasteiger partial charge on any atom is 0.240 e. The highest BCUT2D eigenvalue weighted by Crippen LogP contribution is 2.24. The molecule has 1 aliphatic rings. The average Bonchev–Trinajstić information content (AvgIpc) is 2.91. The fourth-order valence-electron chi connectivity index (χ4n) is 4.45. The van der Waals surface area contributed by atoms with Crippen LogP contribution in [0.5, 0.6) is 0 Å². The van der Waals surface area contributed by atoms with Gasteiger partial charge in [-0.05, 0) is 73.4 Å². The monoisotopic (exact) mass is 553 g/mol. The van der Waals surface area contributed by atoms with Crippen molar-refractivity contribution in [2.24, 2.45) is 33.8 Å². The van der Waals surface area contributed by atoms with E-state index in [0.717, 1.165) is 29.7 Å². The molecule has 1 heterocycles. The summed E-state index contributed by atoms with van der Waals surface area (Å²) in [5.41, 5.74) is 24.2. The molecule has 11 N–H and O–H groups in total. The van der Waals surface area contributed by atoms with E-state index in [4.69, 9.17) is 28.3 Å². The molecule has 2 amide bonds. The van der Waals surface area contributed by atoms with Gasteiger partial charge in [-0.1, -0.05) is 24.3 Å². The number of hydrogen-bond acceptors (Lipinski definition) is 7. The van der Waals surface area contributed by atoms with Crippen molar-refractivity contribution in [2.75, 3.05) is 31.5 Å². The third-order valence-electron chi connectivity index (χ3n) is 6.54. The topological polar surface area (TPSA) is 202 Å². The lowest BCUT2D eigenvalue weighted by Crippen LogP contribution is -2.48. The number of nitrogens with two attached hydrogens (primary N) is 4. The summed E-state index contributed by atoms with van der Waals surface area (Å²) in [7, 11) is 0. The van der Waals surface area contributed by atoms with Crippen molar-refractivity contribution in [1.82, 2.24) is 9.62 Å². The zero-order chi connectivity index (χ0) is 28.2. The Balaban J connectivity index is 1.69. The van der Waals surface area contributed by atoms with E-state index >= 15 is 0 Å². The number of nitrogens with zero attached hydrogens (tertiary/aromatic N) is 2. The summed E-state index contributed by atoms with van der Waals surface area (Å²) in [5, 5.41) is 10.6. The number of rotatable bonds is 13. The van der Waals surface area contributed by atoms with E-state index in [-0.39, 0.29) is 36.6 Å². The Labute approximate surface area is 233 Å². The van der Waals surface area contributed by atoms with Crippen molar-refractivity contribution < 1.29 is 9.59 Å². The Bertz CT molecular complexity index is 1160. The molecule has 0 bridgehead atoms. The van der Waals surface area contributed by atoms with Crippen LogP contribution in [0.2, 0.25) is 0 Å². The van der Waals surface area contributed by atoms with E-state index < -0.39 is 6.04 Å². The predicted octanol–water partition coefficient (Wildman–Crippen LogP) is 1.37. The number of aliphatic imine (C=N–C) groups is 1. The van der Waals surface area contributed by atoms with Gasteiger partial charge in [0.05, 0.1) is 0 Å². The highest BCUT2D eigenvalue weighted by atomic mass is 32.2. The molecule has 3 rings (SSSR count). The second-order valence-corrected chi connectivity index (χ2v) is 10.5. The lowest BCUT2D eigenvalue weighted by atomic mass is 9.93. The van der Waals surface area contributed by atoms with Crippen LogP contribution in [-0.2, 0) is 16.0 Å². The molecule has 0 spiro atoms. The standard InChI is InChI=1S/C27H39N9O2S/c28-11-7-24(37)34-21-5-2-6-22(17-21)39-35-23(16-19-3-1-4-20(15-19)25(29)30)26(38)36-13-9-18(10-14-36)8-12-33-27(31)32/h1-6,15,17-18,23,35H,7-14,16,28H2,(H3,29,30)(H,34,37)(H4,31,32,33). The molecule has 0 aromatic heterocycles. The zero-order valence-corrected chi connectivity index (χ0v) is 22.9. The molecule has 39 heavy (non-hydrogen) atoms. The number of nitrogen functional groups attached to an aromatic ring is 1. The van der Waals surface area contributed by atoms with E-state index in [1.54, 1.807) is 6.07 Å². The quantitative estimate of drug-likeness (QED) is 0.109. The van der Waals surface area contributed by atoms with E-state index in [2.05, 4.69) is 15.0 Å². The number of benzene rings is 2. The molecule has 1 saturated heterocycles. The average molecular weight is 554 g/mol. The smallest absolute Gasteiger partial charge is 0.240 e. The number of carbonyl (C=O) groups is 2. The van der Waals surface area contributed by atoms with E-state index in [1.165, 1.54) is 11.9 Å². The molecule has 11 nitrogen and oxygen atoms in total. The maximum atomic E-state index is 13.7. The van der Waals surface area contributed by atoms with E-state index in [9.17, 15) is 9.59 Å². The van der Waals surface area contributed by atoms with Gasteiger partial charge in [0.25, 0.3) is 0 Å². The van der Waals surface area contributed by atoms with Crippen LogP contribution in [0, 0.1) is 11.3 Å². The van der Waals surface area contributed by atoms with Crippen LogP contribution in [0.1, 0.15) is 36.8 Å². The predicted molar refractivity (Wildman–Crippen MR) is 157 cm³/mol. The normalized spacial score (nSPS) is 14.4. The first-order chi connectivity index (χ1) is 18.7. The Morgan fingerprint density at radius 3 is 2.54 bits per heavy atom. The van der Waals surface area contributed by atoms with Crippen LogP contribution < -0.4 is 33.0 Å². The summed E-state index contributed by atoms with van der Waals surface area (Å²) < 4.78 is 3.36. The van der Waals surface area contributed by atoms with Crippen molar-refractivity contribution in [2.45, 2.75) is 43.0 Å². The van der Waals surface area contributed by atoms with Gasteiger partial charge in [-0.3, -0.25) is 20.0 Å². The number of nitrogens with one attached hydrogen (secondary N) is 3. The van der Waals surface area contributed by atoms with Gasteiger partial charge in [0.2, 0.25) is 11.8 Å². The highest BCUT2D eigenvalue weighted by molar-refractivity contribution is 7.97. The van der Waals surface area contributed by atoms with Gasteiger partial charge in [0.1, 0.15) is 11.9 Å². The van der Waals surface area contributed by atoms with Crippen LogP contribution in [0.4, 0.5) is 5.69 Å². The van der Waals surface area contributed by atoms with Gasteiger partial charge in [0, 0.05) is 48.7 Å². The lowest BCUT2D eigenvalue weighted by molar-refractivity contribution is -0.134. The zero-order valence-electron chi connectivity index (χ0n) is 22.1. The Kier molecular flexibility index (Phi) is 11.6. The molecular weight excluding hydrogens is 514 g/mol. The number of hydrogen-bond donors (Lipinski definition) is 7. The van der Waals surface area contributed by atoms with Gasteiger partial charge < -0.3 is 33.2 Å². The molecule has 1 atom stereocenters. The van der Waals surface area contributed by atoms with Gasteiger partial charge in [0.15, 0.2) is 5.96 Å². The van der Waals surface area contributed by atoms with Crippen molar-refractivity contribution in [1.29, 1.82) is 5.41 Å². The highest BCUT2D eigenvalue weighted by Gasteiger charge is 2.28. The van der Waals surface area contributed by atoms with Crippen LogP contribution in [0.25, 0.3) is 0 Å². The second-order valence-electron chi connectivity index (χ2n) is 9.57. The summed E-state index contributed by atoms with van der Waals surface area (Å²) in [6.07, 6.45) is 3.38. The number of anilines is 1. The summed E-state index contributed by atoms with van der Waals surface area (Å²) in [6.45, 7) is 2.22. The third-order valence-corrected chi connectivity index (χ3v) is 7.43. The Hall–Kier alpha value is -3.61. The summed E-state index contributed by atoms with van der Waals surface area (Å²) in [5.74, 6) is 0.436. The van der Waals surface area contributed by atoms with E-state index in [1.807, 2.05) is 47.4 Å². The lowest BCUT2D eigenvalue weighted by Gasteiger charge is -2.34. The second kappa shape index (κ2) is 15.1. The summed E-state index contributed by atoms with van der Waals surface area (Å²) in [4.78, 5) is 32.5. The molecule has 0 radical (unpaired) electrons. The summed E-state index contributed by atoms with van der Waals surface area (Å²) in [6, 6.07) is 14.3. The maximum absolute atomic E-state index is 13.7. The van der Waals surface area contributed by atoms with Gasteiger partial charge in [-0.25, -0.2) is 4.72 Å². The third kappa shape index (κ3) is 9.89. The molecular formula is C27H39N9O2S. The summed E-state index contributed by atoms with van der Waals surface area (Å²) >= 11 is 1.34. The SMILES string of the molecule is N=C(N)c1cccc(CC(NSc2cccc(NC(=O)CCN)c2)C(=O)N2CCC(CCN=C(N)N)CC2)c1. The number of amides is 2. The van der Waals surface area contributed by atoms with E-state index in [0.29, 0.717) is 43.2 Å². The number of carbonyl (C=O) groups excluding carboxylic acids is 2. The number of likely N-dealkylation sites (tertiary alicyclic amines) is 1. The van der Waals surface area contributed by atoms with Crippen LogP contribution in [0.3, 0.4) is 0 Å². The van der Waals surface area contributed by atoms with Crippen molar-refractivity contribution in [3.8, 4) is 0 Å². The van der Waals surface area contributed by atoms with Crippen molar-refractivity contribution >= 4 is 41.2 Å². The number of guanidine groups is 1. The number of amidine groups is 1. The first kappa shape index (κ1) is 29.9. The fraction of sp³-hybridized carbons (Fsp3) is 0.407. The minimum absolute atomic E-state index is 0.0154. The van der Waals surface area contributed by atoms with Crippen LogP contribution in [0.15, 0.2) is 58.4 Å². The molecule has 2 aromatic rings. The minimum Gasteiger partial charge on any atom is -0.384 e. The van der Waals surface area contributed by atoms with Crippen molar-refractivity contribution in [3.05, 3.63) is 59.7 Å². The molecule has 210 valence electrons. The van der Waals surface area contributed by atoms with Crippen LogP contribution in [-0.4, -0.2) is 60.7 Å². The van der Waals surface area contributed by atoms with Crippen LogP contribution >= 0.6 is 11.9 Å². The molecule has 0 aliphatic carbocycles. The molecule has 1 aliphatic heterocycles. The molecule has 2 aromatic carbocycles. The minimum atomic E-state index is -0.508. The first-order valence-corrected chi connectivity index (χ1v) is 13.9. The molecule has 1 fully saturated rings. The number of piperidine rings is 1. The molecule has 1 unspecified atom stereocenters. The first-order valence-electron chi connectivity index (χ1n) is 13.0. The van der Waals surface area contributed by atoms with Gasteiger partial charge in [-0.15, -0.1) is 0 Å². The van der Waals surface area contributed by atoms with Crippen molar-refractivity contribution in [3.63, 3.8) is 0 Å².